The van der Waals surface area contributed by atoms with Gasteiger partial charge in [-0.1, -0.05) is 12.1 Å². The number of thiophene rings is 1. The summed E-state index contributed by atoms with van der Waals surface area (Å²) in [5, 5.41) is 24.8. The van der Waals surface area contributed by atoms with Crippen LogP contribution < -0.4 is 5.32 Å². The van der Waals surface area contributed by atoms with Crippen LogP contribution in [0.1, 0.15) is 29.5 Å². The zero-order valence-electron chi connectivity index (χ0n) is 15.5. The Morgan fingerprint density at radius 3 is 2.52 bits per heavy atom. The van der Waals surface area contributed by atoms with E-state index < -0.39 is 11.9 Å². The van der Waals surface area contributed by atoms with Gasteiger partial charge in [-0.05, 0) is 53.1 Å². The van der Waals surface area contributed by atoms with Crippen LogP contribution in [0.25, 0.3) is 16.8 Å². The lowest BCUT2D eigenvalue weighted by Crippen LogP contribution is -2.17. The molecule has 0 aliphatic heterocycles. The van der Waals surface area contributed by atoms with Gasteiger partial charge in [0.05, 0.1) is 18.4 Å². The monoisotopic (exact) mass is 404 g/mol. The predicted molar refractivity (Wildman–Crippen MR) is 109 cm³/mol. The van der Waals surface area contributed by atoms with Gasteiger partial charge in [-0.15, -0.1) is 0 Å². The molecule has 0 atom stereocenters. The van der Waals surface area contributed by atoms with Crippen LogP contribution in [0, 0.1) is 22.7 Å². The lowest BCUT2D eigenvalue weighted by atomic mass is 10.1. The van der Waals surface area contributed by atoms with Crippen molar-refractivity contribution in [3.8, 4) is 29.0 Å². The summed E-state index contributed by atoms with van der Waals surface area (Å²) in [5.74, 6) is -1.25. The first-order valence-corrected chi connectivity index (χ1v) is 9.66. The number of amides is 1. The molecule has 144 valence electrons. The number of aromatic nitrogens is 1. The number of nitrogens with one attached hydrogen (secondary N) is 1. The second-order valence-electron chi connectivity index (χ2n) is 5.90. The summed E-state index contributed by atoms with van der Waals surface area (Å²) in [6.45, 7) is 1.80. The number of rotatable bonds is 6. The van der Waals surface area contributed by atoms with Crippen LogP contribution in [0.5, 0.6) is 0 Å². The summed E-state index contributed by atoms with van der Waals surface area (Å²) in [4.78, 5) is 24.5. The number of carbonyl (C=O) groups excluding carboxylic acids is 2. The van der Waals surface area contributed by atoms with Crippen molar-refractivity contribution in [2.75, 3.05) is 11.9 Å². The summed E-state index contributed by atoms with van der Waals surface area (Å²) in [6.07, 6.45) is -0.370. The fourth-order valence-corrected chi connectivity index (χ4v) is 3.52. The molecule has 0 saturated heterocycles. The summed E-state index contributed by atoms with van der Waals surface area (Å²) < 4.78 is 6.57. The standard InChI is InChI=1S/C21H16N4O3S/c1-2-28-21(27)20-18(24-19(26)7-9-22)11-17(12-23)25(20)16-5-3-14(4-6-16)15-8-10-29-13-15/h3-6,8,10-11,13H,2,7H2,1H3,(H,24,26). The van der Waals surface area contributed by atoms with Crippen molar-refractivity contribution in [3.63, 3.8) is 0 Å². The molecule has 3 rings (SSSR count). The van der Waals surface area contributed by atoms with Crippen molar-refractivity contribution in [2.45, 2.75) is 13.3 Å². The molecule has 0 aliphatic rings. The number of nitrogens with zero attached hydrogens (tertiary/aromatic N) is 3. The molecule has 29 heavy (non-hydrogen) atoms. The number of hydrogen-bond donors (Lipinski definition) is 1. The zero-order chi connectivity index (χ0) is 20.8. The minimum Gasteiger partial charge on any atom is -0.461 e. The van der Waals surface area contributed by atoms with Crippen LogP contribution in [0.15, 0.2) is 47.2 Å². The Labute approximate surface area is 171 Å². The van der Waals surface area contributed by atoms with Crippen LogP contribution in [-0.2, 0) is 9.53 Å². The van der Waals surface area contributed by atoms with Crippen molar-refractivity contribution >= 4 is 28.9 Å². The maximum atomic E-state index is 12.6. The van der Waals surface area contributed by atoms with E-state index in [4.69, 9.17) is 10.00 Å². The van der Waals surface area contributed by atoms with Crippen molar-refractivity contribution < 1.29 is 14.3 Å². The second kappa shape index (κ2) is 8.87. The Morgan fingerprint density at radius 2 is 1.93 bits per heavy atom. The molecular formula is C21H16N4O3S. The maximum absolute atomic E-state index is 12.6. The fourth-order valence-electron chi connectivity index (χ4n) is 2.85. The molecule has 0 fully saturated rings. The van der Waals surface area contributed by atoms with E-state index in [1.165, 1.54) is 10.6 Å². The van der Waals surface area contributed by atoms with Crippen LogP contribution in [-0.4, -0.2) is 23.1 Å². The number of ether oxygens (including phenoxy) is 1. The van der Waals surface area contributed by atoms with E-state index in [-0.39, 0.29) is 30.1 Å². The normalized spacial score (nSPS) is 10.0. The molecule has 3 aromatic rings. The molecule has 0 aliphatic carbocycles. The number of hydrogen-bond acceptors (Lipinski definition) is 6. The third-order valence-electron chi connectivity index (χ3n) is 4.08. The molecule has 8 heteroatoms. The van der Waals surface area contributed by atoms with Crippen LogP contribution in [0.2, 0.25) is 0 Å². The number of carbonyl (C=O) groups is 2. The van der Waals surface area contributed by atoms with E-state index in [0.717, 1.165) is 11.1 Å². The van der Waals surface area contributed by atoms with Gasteiger partial charge < -0.3 is 10.1 Å². The highest BCUT2D eigenvalue weighted by molar-refractivity contribution is 7.08. The highest BCUT2D eigenvalue weighted by Crippen LogP contribution is 2.29. The van der Waals surface area contributed by atoms with Gasteiger partial charge in [0, 0.05) is 5.69 Å². The lowest BCUT2D eigenvalue weighted by molar-refractivity contribution is -0.115. The van der Waals surface area contributed by atoms with Crippen LogP contribution >= 0.6 is 11.3 Å². The Bertz CT molecular complexity index is 1120. The second-order valence-corrected chi connectivity index (χ2v) is 6.68. The Morgan fingerprint density at radius 1 is 1.17 bits per heavy atom. The van der Waals surface area contributed by atoms with E-state index in [1.54, 1.807) is 36.5 Å². The predicted octanol–water partition coefficient (Wildman–Crippen LogP) is 4.11. The molecule has 1 amide bonds. The number of esters is 1. The fraction of sp³-hybridized carbons (Fsp3) is 0.143. The first kappa shape index (κ1) is 19.9. The molecule has 2 heterocycles. The van der Waals surface area contributed by atoms with Gasteiger partial charge in [-0.3, -0.25) is 9.36 Å². The van der Waals surface area contributed by atoms with Gasteiger partial charge in [0.15, 0.2) is 5.69 Å². The maximum Gasteiger partial charge on any atom is 0.357 e. The minimum atomic E-state index is -0.678. The van der Waals surface area contributed by atoms with E-state index in [1.807, 2.05) is 35.0 Å². The first-order valence-electron chi connectivity index (χ1n) is 8.71. The summed E-state index contributed by atoms with van der Waals surface area (Å²) >= 11 is 1.59. The average Bonchev–Trinajstić information content (AvgIpc) is 3.36. The highest BCUT2D eigenvalue weighted by atomic mass is 32.1. The molecule has 2 aromatic heterocycles. The summed E-state index contributed by atoms with van der Waals surface area (Å²) in [7, 11) is 0. The van der Waals surface area contributed by atoms with E-state index in [9.17, 15) is 14.9 Å². The third kappa shape index (κ3) is 4.18. The average molecular weight is 404 g/mol. The van der Waals surface area contributed by atoms with Crippen LogP contribution in [0.3, 0.4) is 0 Å². The minimum absolute atomic E-state index is 0.0259. The van der Waals surface area contributed by atoms with Gasteiger partial charge in [0.2, 0.25) is 5.91 Å². The Hall–Kier alpha value is -3.88. The van der Waals surface area contributed by atoms with Gasteiger partial charge in [-0.2, -0.15) is 21.9 Å². The van der Waals surface area contributed by atoms with E-state index in [0.29, 0.717) is 5.69 Å². The van der Waals surface area contributed by atoms with Gasteiger partial charge in [0.25, 0.3) is 0 Å². The first-order chi connectivity index (χ1) is 14.1. The Balaban J connectivity index is 2.10. The number of nitriles is 2. The van der Waals surface area contributed by atoms with E-state index >= 15 is 0 Å². The molecule has 0 spiro atoms. The highest BCUT2D eigenvalue weighted by Gasteiger charge is 2.25. The zero-order valence-corrected chi connectivity index (χ0v) is 16.3. The van der Waals surface area contributed by atoms with Crippen molar-refractivity contribution in [1.29, 1.82) is 10.5 Å². The van der Waals surface area contributed by atoms with Crippen molar-refractivity contribution in [2.24, 2.45) is 0 Å². The van der Waals surface area contributed by atoms with Gasteiger partial charge in [0.1, 0.15) is 18.2 Å². The molecule has 0 saturated carbocycles. The molecule has 7 nitrogen and oxygen atoms in total. The van der Waals surface area contributed by atoms with Gasteiger partial charge in [-0.25, -0.2) is 4.79 Å². The van der Waals surface area contributed by atoms with Gasteiger partial charge >= 0.3 is 5.97 Å². The summed E-state index contributed by atoms with van der Waals surface area (Å²) in [5.41, 5.74) is 2.96. The van der Waals surface area contributed by atoms with Crippen LogP contribution in [0.4, 0.5) is 5.69 Å². The molecule has 1 aromatic carbocycles. The van der Waals surface area contributed by atoms with Crippen molar-refractivity contribution in [1.82, 2.24) is 4.57 Å². The Kier molecular flexibility index (Phi) is 6.08. The third-order valence-corrected chi connectivity index (χ3v) is 4.76. The molecule has 0 unspecified atom stereocenters. The van der Waals surface area contributed by atoms with Crippen molar-refractivity contribution in [3.05, 3.63) is 58.5 Å². The smallest absolute Gasteiger partial charge is 0.357 e. The largest absolute Gasteiger partial charge is 0.461 e. The molecule has 1 N–H and O–H groups in total. The quantitative estimate of drug-likeness (QED) is 0.622. The number of benzene rings is 1. The van der Waals surface area contributed by atoms with E-state index in [2.05, 4.69) is 5.32 Å². The summed E-state index contributed by atoms with van der Waals surface area (Å²) in [6, 6.07) is 14.5. The molecule has 0 bridgehead atoms. The molecule has 0 radical (unpaired) electrons. The SMILES string of the molecule is CCOC(=O)c1c(NC(=O)CC#N)cc(C#N)n1-c1ccc(-c2ccsc2)cc1. The lowest BCUT2D eigenvalue weighted by Gasteiger charge is -2.12. The number of anilines is 1. The molecular weight excluding hydrogens is 388 g/mol. The topological polar surface area (TPSA) is 108 Å².